The third-order valence-electron chi connectivity index (χ3n) is 2.69. The first-order valence-corrected chi connectivity index (χ1v) is 6.30. The zero-order valence-electron chi connectivity index (χ0n) is 10.9. The lowest BCUT2D eigenvalue weighted by molar-refractivity contribution is -0.137. The highest BCUT2D eigenvalue weighted by molar-refractivity contribution is 5.85. The molecule has 2 rings (SSSR count). The molecule has 0 fully saturated rings. The van der Waals surface area contributed by atoms with E-state index in [1.165, 1.54) is 16.8 Å². The van der Waals surface area contributed by atoms with Crippen molar-refractivity contribution in [3.63, 3.8) is 0 Å². The maximum atomic E-state index is 11.1. The first-order valence-electron chi connectivity index (χ1n) is 6.30. The van der Waals surface area contributed by atoms with Gasteiger partial charge in [-0.25, -0.2) is 4.79 Å². The summed E-state index contributed by atoms with van der Waals surface area (Å²) in [6, 6.07) is 14.5. The third-order valence-corrected chi connectivity index (χ3v) is 2.69. The molecular formula is C17H16O2. The SMILES string of the molecule is CCOC(=O)/C=C/C=C/c1ccc2ccccc2c1. The quantitative estimate of drug-likeness (QED) is 0.467. The van der Waals surface area contributed by atoms with Gasteiger partial charge in [0.2, 0.25) is 0 Å². The van der Waals surface area contributed by atoms with Crippen molar-refractivity contribution in [1.82, 2.24) is 0 Å². The molecular weight excluding hydrogens is 236 g/mol. The molecule has 0 N–H and O–H groups in total. The Balaban J connectivity index is 2.06. The summed E-state index contributed by atoms with van der Waals surface area (Å²) in [5.74, 6) is -0.314. The fraction of sp³-hybridized carbons (Fsp3) is 0.118. The van der Waals surface area contributed by atoms with Crippen LogP contribution in [0, 0.1) is 0 Å². The van der Waals surface area contributed by atoms with Crippen LogP contribution in [0.4, 0.5) is 0 Å². The van der Waals surface area contributed by atoms with Gasteiger partial charge in [0, 0.05) is 6.08 Å². The van der Waals surface area contributed by atoms with Crippen molar-refractivity contribution in [3.8, 4) is 0 Å². The van der Waals surface area contributed by atoms with Crippen LogP contribution < -0.4 is 0 Å². The van der Waals surface area contributed by atoms with Crippen molar-refractivity contribution in [1.29, 1.82) is 0 Å². The number of hydrogen-bond donors (Lipinski definition) is 0. The van der Waals surface area contributed by atoms with Crippen LogP contribution in [0.2, 0.25) is 0 Å². The van der Waals surface area contributed by atoms with Gasteiger partial charge in [-0.15, -0.1) is 0 Å². The van der Waals surface area contributed by atoms with Crippen LogP contribution in [0.5, 0.6) is 0 Å². The molecule has 0 bridgehead atoms. The van der Waals surface area contributed by atoms with E-state index in [-0.39, 0.29) is 5.97 Å². The summed E-state index contributed by atoms with van der Waals surface area (Å²) in [5, 5.41) is 2.43. The van der Waals surface area contributed by atoms with E-state index in [1.807, 2.05) is 24.3 Å². The third kappa shape index (κ3) is 3.81. The topological polar surface area (TPSA) is 26.3 Å². The van der Waals surface area contributed by atoms with E-state index >= 15 is 0 Å². The Morgan fingerprint density at radius 3 is 2.68 bits per heavy atom. The predicted octanol–water partition coefficient (Wildman–Crippen LogP) is 3.97. The van der Waals surface area contributed by atoms with Gasteiger partial charge in [-0.05, 0) is 29.3 Å². The molecule has 0 radical (unpaired) electrons. The Kier molecular flexibility index (Phi) is 4.51. The Labute approximate surface area is 113 Å². The Hall–Kier alpha value is -2.35. The number of allylic oxidation sites excluding steroid dienone is 2. The van der Waals surface area contributed by atoms with Crippen molar-refractivity contribution in [2.45, 2.75) is 6.92 Å². The second kappa shape index (κ2) is 6.55. The molecule has 2 heteroatoms. The molecule has 0 heterocycles. The van der Waals surface area contributed by atoms with Gasteiger partial charge in [0.25, 0.3) is 0 Å². The fourth-order valence-corrected chi connectivity index (χ4v) is 1.80. The number of hydrogen-bond acceptors (Lipinski definition) is 2. The zero-order valence-corrected chi connectivity index (χ0v) is 10.9. The maximum Gasteiger partial charge on any atom is 0.330 e. The summed E-state index contributed by atoms with van der Waals surface area (Å²) in [4.78, 5) is 11.1. The summed E-state index contributed by atoms with van der Waals surface area (Å²) in [6.45, 7) is 2.19. The second-order valence-corrected chi connectivity index (χ2v) is 4.08. The lowest BCUT2D eigenvalue weighted by atomic mass is 10.1. The van der Waals surface area contributed by atoms with Crippen LogP contribution >= 0.6 is 0 Å². The number of benzene rings is 2. The standard InChI is InChI=1S/C17H16O2/c1-2-19-17(18)10-6-3-7-14-11-12-15-8-4-5-9-16(15)13-14/h3-13H,2H2,1H3/b7-3+,10-6+. The molecule has 0 saturated heterocycles. The molecule has 2 nitrogen and oxygen atoms in total. The highest BCUT2D eigenvalue weighted by Crippen LogP contribution is 2.16. The van der Waals surface area contributed by atoms with E-state index in [4.69, 9.17) is 4.74 Å². The van der Waals surface area contributed by atoms with Crippen molar-refractivity contribution in [3.05, 3.63) is 66.3 Å². The van der Waals surface area contributed by atoms with Crippen LogP contribution in [0.25, 0.3) is 16.8 Å². The molecule has 0 spiro atoms. The Morgan fingerprint density at radius 1 is 1.11 bits per heavy atom. The predicted molar refractivity (Wildman–Crippen MR) is 78.8 cm³/mol. The molecule has 2 aromatic carbocycles. The van der Waals surface area contributed by atoms with E-state index < -0.39 is 0 Å². The van der Waals surface area contributed by atoms with Crippen molar-refractivity contribution in [2.75, 3.05) is 6.61 Å². The average molecular weight is 252 g/mol. The van der Waals surface area contributed by atoms with Crippen molar-refractivity contribution < 1.29 is 9.53 Å². The molecule has 0 aliphatic rings. The lowest BCUT2D eigenvalue weighted by Gasteiger charge is -1.98. The van der Waals surface area contributed by atoms with Crippen LogP contribution in [0.1, 0.15) is 12.5 Å². The summed E-state index contributed by atoms with van der Waals surface area (Å²) in [6.07, 6.45) is 6.90. The van der Waals surface area contributed by atoms with Crippen LogP contribution in [-0.4, -0.2) is 12.6 Å². The molecule has 0 saturated carbocycles. The highest BCUT2D eigenvalue weighted by Gasteiger charge is 1.93. The summed E-state index contributed by atoms with van der Waals surface area (Å²) >= 11 is 0. The van der Waals surface area contributed by atoms with E-state index in [9.17, 15) is 4.79 Å². The molecule has 0 amide bonds. The smallest absolute Gasteiger partial charge is 0.330 e. The summed E-state index contributed by atoms with van der Waals surface area (Å²) in [5.41, 5.74) is 1.10. The molecule has 0 aliphatic heterocycles. The number of carbonyl (C=O) groups is 1. The molecule has 0 atom stereocenters. The average Bonchev–Trinajstić information content (AvgIpc) is 2.44. The van der Waals surface area contributed by atoms with Gasteiger partial charge in [-0.1, -0.05) is 54.6 Å². The van der Waals surface area contributed by atoms with Gasteiger partial charge in [-0.2, -0.15) is 0 Å². The first kappa shape index (κ1) is 13.1. The number of esters is 1. The molecule has 96 valence electrons. The molecule has 0 unspecified atom stereocenters. The van der Waals surface area contributed by atoms with E-state index in [0.29, 0.717) is 6.61 Å². The van der Waals surface area contributed by atoms with Crippen LogP contribution in [0.15, 0.2) is 60.7 Å². The highest BCUT2D eigenvalue weighted by atomic mass is 16.5. The largest absolute Gasteiger partial charge is 0.463 e. The van der Waals surface area contributed by atoms with Gasteiger partial charge in [-0.3, -0.25) is 0 Å². The van der Waals surface area contributed by atoms with Crippen LogP contribution in [0.3, 0.4) is 0 Å². The monoisotopic (exact) mass is 252 g/mol. The summed E-state index contributed by atoms with van der Waals surface area (Å²) in [7, 11) is 0. The number of ether oxygens (including phenoxy) is 1. The number of fused-ring (bicyclic) bond motifs is 1. The molecule has 0 aliphatic carbocycles. The van der Waals surface area contributed by atoms with Gasteiger partial charge in [0.15, 0.2) is 0 Å². The number of carbonyl (C=O) groups excluding carboxylic acids is 1. The summed E-state index contributed by atoms with van der Waals surface area (Å²) < 4.78 is 4.79. The maximum absolute atomic E-state index is 11.1. The van der Waals surface area contributed by atoms with Gasteiger partial charge in [0.1, 0.15) is 0 Å². The van der Waals surface area contributed by atoms with Crippen molar-refractivity contribution >= 4 is 22.8 Å². The molecule has 19 heavy (non-hydrogen) atoms. The van der Waals surface area contributed by atoms with Gasteiger partial charge < -0.3 is 4.74 Å². The van der Waals surface area contributed by atoms with Crippen LogP contribution in [-0.2, 0) is 9.53 Å². The van der Waals surface area contributed by atoms with E-state index in [2.05, 4.69) is 30.3 Å². The minimum absolute atomic E-state index is 0.314. The fourth-order valence-electron chi connectivity index (χ4n) is 1.80. The minimum atomic E-state index is -0.314. The number of rotatable bonds is 4. The van der Waals surface area contributed by atoms with Gasteiger partial charge in [0.05, 0.1) is 6.61 Å². The van der Waals surface area contributed by atoms with E-state index in [0.717, 1.165) is 5.56 Å². The normalized spacial score (nSPS) is 11.4. The Bertz CT molecular complexity index is 624. The second-order valence-electron chi connectivity index (χ2n) is 4.08. The van der Waals surface area contributed by atoms with Crippen molar-refractivity contribution in [2.24, 2.45) is 0 Å². The lowest BCUT2D eigenvalue weighted by Crippen LogP contribution is -1.98. The van der Waals surface area contributed by atoms with E-state index in [1.54, 1.807) is 13.0 Å². The molecule has 0 aromatic heterocycles. The zero-order chi connectivity index (χ0) is 13.5. The Morgan fingerprint density at radius 2 is 1.89 bits per heavy atom. The first-order chi connectivity index (χ1) is 9.29. The minimum Gasteiger partial charge on any atom is -0.463 e. The molecule has 2 aromatic rings. The van der Waals surface area contributed by atoms with Gasteiger partial charge >= 0.3 is 5.97 Å².